The van der Waals surface area contributed by atoms with Gasteiger partial charge in [0, 0.05) is 17.6 Å². The van der Waals surface area contributed by atoms with Crippen molar-refractivity contribution in [2.75, 3.05) is 6.54 Å². The molecule has 1 saturated carbocycles. The Balaban J connectivity index is 2.17. The van der Waals surface area contributed by atoms with Gasteiger partial charge in [0.15, 0.2) is 0 Å². The van der Waals surface area contributed by atoms with E-state index in [-0.39, 0.29) is 0 Å². The van der Waals surface area contributed by atoms with Crippen LogP contribution in [0, 0.1) is 22.7 Å². The van der Waals surface area contributed by atoms with Crippen LogP contribution in [-0.4, -0.2) is 17.5 Å². The zero-order valence-electron chi connectivity index (χ0n) is 10.8. The van der Waals surface area contributed by atoms with Crippen LogP contribution in [0.25, 0.3) is 0 Å². The summed E-state index contributed by atoms with van der Waals surface area (Å²) < 4.78 is 0. The molecule has 0 saturated heterocycles. The third-order valence-electron chi connectivity index (χ3n) is 3.68. The second-order valence-electron chi connectivity index (χ2n) is 4.91. The summed E-state index contributed by atoms with van der Waals surface area (Å²) in [6.45, 7) is 1.07. The molecule has 0 heterocycles. The maximum absolute atomic E-state index is 9.16. The lowest BCUT2D eigenvalue weighted by atomic mass is 10.1. The van der Waals surface area contributed by atoms with Crippen molar-refractivity contribution in [3.05, 3.63) is 34.3 Å². The van der Waals surface area contributed by atoms with Crippen molar-refractivity contribution in [2.45, 2.75) is 38.3 Å². The molecule has 0 amide bonds. The van der Waals surface area contributed by atoms with Crippen LogP contribution in [0.1, 0.15) is 36.8 Å². The number of nitriles is 2. The van der Waals surface area contributed by atoms with Crippen molar-refractivity contribution in [3.8, 4) is 12.1 Å². The van der Waals surface area contributed by atoms with Crippen molar-refractivity contribution in [3.63, 3.8) is 0 Å². The predicted molar refractivity (Wildman–Crippen MR) is 74.4 cm³/mol. The van der Waals surface area contributed by atoms with E-state index in [1.165, 1.54) is 12.8 Å². The lowest BCUT2D eigenvalue weighted by Crippen LogP contribution is -2.33. The lowest BCUT2D eigenvalue weighted by molar-refractivity contribution is 0.214. The first-order valence-corrected chi connectivity index (χ1v) is 6.92. The highest BCUT2D eigenvalue weighted by Crippen LogP contribution is 2.26. The molecule has 0 radical (unpaired) electrons. The first-order chi connectivity index (χ1) is 9.24. The Hall–Kier alpha value is -1.55. The largest absolute Gasteiger partial charge is 0.283 e. The van der Waals surface area contributed by atoms with Crippen LogP contribution < -0.4 is 0 Å². The average Bonchev–Trinajstić information content (AvgIpc) is 2.94. The summed E-state index contributed by atoms with van der Waals surface area (Å²) in [7, 11) is 0. The first-order valence-electron chi connectivity index (χ1n) is 6.54. The smallest absolute Gasteiger partial charge is 0.0995 e. The van der Waals surface area contributed by atoms with Crippen LogP contribution in [0.3, 0.4) is 0 Å². The van der Waals surface area contributed by atoms with Gasteiger partial charge in [-0.2, -0.15) is 10.5 Å². The SMILES string of the molecule is N#CCN(Cc1ccc(Cl)cc1C#N)C1CCCC1. The van der Waals surface area contributed by atoms with E-state index in [0.29, 0.717) is 29.7 Å². The zero-order chi connectivity index (χ0) is 13.7. The quantitative estimate of drug-likeness (QED) is 0.789. The predicted octanol–water partition coefficient (Wildman–Crippen LogP) is 3.48. The summed E-state index contributed by atoms with van der Waals surface area (Å²) in [6, 6.07) is 10.3. The molecule has 0 aliphatic heterocycles. The molecular formula is C15H16ClN3. The third-order valence-corrected chi connectivity index (χ3v) is 3.92. The van der Waals surface area contributed by atoms with Gasteiger partial charge in [0.25, 0.3) is 0 Å². The fraction of sp³-hybridized carbons (Fsp3) is 0.467. The summed E-state index contributed by atoms with van der Waals surface area (Å²) in [6.07, 6.45) is 4.77. The fourth-order valence-electron chi connectivity index (χ4n) is 2.68. The number of rotatable bonds is 4. The van der Waals surface area contributed by atoms with Crippen molar-refractivity contribution in [1.29, 1.82) is 10.5 Å². The molecule has 0 bridgehead atoms. The van der Waals surface area contributed by atoms with E-state index in [2.05, 4.69) is 17.0 Å². The summed E-state index contributed by atoms with van der Waals surface area (Å²) in [5, 5.41) is 18.7. The zero-order valence-corrected chi connectivity index (χ0v) is 11.5. The molecule has 19 heavy (non-hydrogen) atoms. The minimum Gasteiger partial charge on any atom is -0.283 e. The van der Waals surface area contributed by atoms with Gasteiger partial charge >= 0.3 is 0 Å². The molecule has 3 nitrogen and oxygen atoms in total. The van der Waals surface area contributed by atoms with Gasteiger partial charge in [0.1, 0.15) is 0 Å². The van der Waals surface area contributed by atoms with E-state index in [1.807, 2.05) is 6.07 Å². The molecule has 1 aliphatic carbocycles. The normalized spacial score (nSPS) is 15.4. The molecular weight excluding hydrogens is 258 g/mol. The van der Waals surface area contributed by atoms with Crippen LogP contribution in [0.4, 0.5) is 0 Å². The Morgan fingerprint density at radius 3 is 2.63 bits per heavy atom. The highest BCUT2D eigenvalue weighted by atomic mass is 35.5. The van der Waals surface area contributed by atoms with E-state index >= 15 is 0 Å². The van der Waals surface area contributed by atoms with E-state index < -0.39 is 0 Å². The van der Waals surface area contributed by atoms with E-state index in [0.717, 1.165) is 18.4 Å². The second kappa shape index (κ2) is 6.57. The molecule has 0 spiro atoms. The maximum atomic E-state index is 9.16. The van der Waals surface area contributed by atoms with Gasteiger partial charge in [-0.25, -0.2) is 0 Å². The number of nitrogens with zero attached hydrogens (tertiary/aromatic N) is 3. The molecule has 98 valence electrons. The van der Waals surface area contributed by atoms with Crippen molar-refractivity contribution < 1.29 is 0 Å². The maximum Gasteiger partial charge on any atom is 0.0995 e. The van der Waals surface area contributed by atoms with Crippen molar-refractivity contribution >= 4 is 11.6 Å². The number of benzene rings is 1. The summed E-state index contributed by atoms with van der Waals surface area (Å²) in [4.78, 5) is 2.18. The molecule has 0 atom stereocenters. The van der Waals surface area contributed by atoms with Crippen molar-refractivity contribution in [1.82, 2.24) is 4.90 Å². The van der Waals surface area contributed by atoms with Gasteiger partial charge in [0.05, 0.1) is 24.2 Å². The highest BCUT2D eigenvalue weighted by Gasteiger charge is 2.23. The standard InChI is InChI=1S/C15H16ClN3/c16-14-6-5-12(13(9-14)10-18)11-19(8-7-17)15-3-1-2-4-15/h5-6,9,15H,1-4,8,11H2. The Morgan fingerprint density at radius 2 is 2.00 bits per heavy atom. The number of hydrogen-bond acceptors (Lipinski definition) is 3. The summed E-state index contributed by atoms with van der Waals surface area (Å²) in [5.41, 5.74) is 1.56. The van der Waals surface area contributed by atoms with Crippen molar-refractivity contribution in [2.24, 2.45) is 0 Å². The number of hydrogen-bond donors (Lipinski definition) is 0. The van der Waals surface area contributed by atoms with Gasteiger partial charge in [0.2, 0.25) is 0 Å². The van der Waals surface area contributed by atoms with E-state index in [1.54, 1.807) is 12.1 Å². The van der Waals surface area contributed by atoms with Crippen LogP contribution in [0.5, 0.6) is 0 Å². The van der Waals surface area contributed by atoms with Crippen LogP contribution in [0.2, 0.25) is 5.02 Å². The first kappa shape index (κ1) is 13.9. The average molecular weight is 274 g/mol. The van der Waals surface area contributed by atoms with Gasteiger partial charge in [-0.15, -0.1) is 0 Å². The monoisotopic (exact) mass is 273 g/mol. The highest BCUT2D eigenvalue weighted by molar-refractivity contribution is 6.30. The molecule has 1 aromatic rings. The molecule has 4 heteroatoms. The minimum absolute atomic E-state index is 0.415. The summed E-state index contributed by atoms with van der Waals surface area (Å²) >= 11 is 5.90. The Kier molecular flexibility index (Phi) is 4.80. The van der Waals surface area contributed by atoms with Crippen LogP contribution >= 0.6 is 11.6 Å². The Labute approximate surface area is 119 Å². The van der Waals surface area contributed by atoms with E-state index in [9.17, 15) is 0 Å². The van der Waals surface area contributed by atoms with Gasteiger partial charge in [-0.05, 0) is 30.5 Å². The molecule has 1 aromatic carbocycles. The lowest BCUT2D eigenvalue weighted by Gasteiger charge is -2.26. The van der Waals surface area contributed by atoms with Gasteiger partial charge in [-0.1, -0.05) is 30.5 Å². The van der Waals surface area contributed by atoms with Crippen LogP contribution in [0.15, 0.2) is 18.2 Å². The third kappa shape index (κ3) is 3.47. The Bertz CT molecular complexity index is 521. The second-order valence-corrected chi connectivity index (χ2v) is 5.35. The number of halogens is 1. The molecule has 1 aliphatic rings. The molecule has 0 aromatic heterocycles. The Morgan fingerprint density at radius 1 is 1.26 bits per heavy atom. The fourth-order valence-corrected chi connectivity index (χ4v) is 2.86. The molecule has 0 N–H and O–H groups in total. The van der Waals surface area contributed by atoms with Crippen LogP contribution in [-0.2, 0) is 6.54 Å². The summed E-state index contributed by atoms with van der Waals surface area (Å²) in [5.74, 6) is 0. The van der Waals surface area contributed by atoms with Gasteiger partial charge in [-0.3, -0.25) is 4.90 Å². The van der Waals surface area contributed by atoms with E-state index in [4.69, 9.17) is 22.1 Å². The van der Waals surface area contributed by atoms with Gasteiger partial charge < -0.3 is 0 Å². The minimum atomic E-state index is 0.415. The molecule has 2 rings (SSSR count). The molecule has 0 unspecified atom stereocenters. The molecule has 1 fully saturated rings. The topological polar surface area (TPSA) is 50.8 Å².